The zero-order valence-corrected chi connectivity index (χ0v) is 18.4. The van der Waals surface area contributed by atoms with Gasteiger partial charge in [-0.2, -0.15) is 0 Å². The molecule has 31 heavy (non-hydrogen) atoms. The molecule has 0 fully saturated rings. The lowest BCUT2D eigenvalue weighted by Crippen LogP contribution is -2.17. The molecule has 5 rings (SSSR count). The Bertz CT molecular complexity index is 1530. The van der Waals surface area contributed by atoms with E-state index < -0.39 is 0 Å². The average molecular weight is 449 g/mol. The number of furan rings is 1. The summed E-state index contributed by atoms with van der Waals surface area (Å²) in [4.78, 5) is 13.4. The van der Waals surface area contributed by atoms with Crippen molar-refractivity contribution >= 4 is 56.6 Å². The van der Waals surface area contributed by atoms with Crippen LogP contribution in [0.4, 0.5) is 11.6 Å². The van der Waals surface area contributed by atoms with E-state index in [4.69, 9.17) is 27.6 Å². The van der Waals surface area contributed by atoms with E-state index in [0.717, 1.165) is 27.7 Å². The number of hydrogen-bond donors (Lipinski definition) is 1. The molecule has 2 aromatic heterocycles. The summed E-state index contributed by atoms with van der Waals surface area (Å²) in [6, 6.07) is 20.9. The lowest BCUT2D eigenvalue weighted by atomic mass is 10.0. The number of hydrogen-bond acceptors (Lipinski definition) is 3. The molecule has 0 atom stereocenters. The first-order valence-corrected chi connectivity index (χ1v) is 10.5. The first-order valence-electron chi connectivity index (χ1n) is 9.78. The highest BCUT2D eigenvalue weighted by atomic mass is 35.5. The van der Waals surface area contributed by atoms with Crippen LogP contribution in [0.25, 0.3) is 33.0 Å². The minimum absolute atomic E-state index is 0.142. The van der Waals surface area contributed by atoms with Crippen molar-refractivity contribution < 1.29 is 4.42 Å². The summed E-state index contributed by atoms with van der Waals surface area (Å²) >= 11 is 12.5. The van der Waals surface area contributed by atoms with E-state index in [-0.39, 0.29) is 5.56 Å². The van der Waals surface area contributed by atoms with Crippen LogP contribution in [-0.2, 0) is 7.05 Å². The molecule has 0 aliphatic carbocycles. The molecule has 0 aliphatic heterocycles. The van der Waals surface area contributed by atoms with Gasteiger partial charge in [-0.25, -0.2) is 0 Å². The molecular formula is C25H18Cl2N2O2. The Hall–Kier alpha value is -3.21. The first-order chi connectivity index (χ1) is 15.0. The molecule has 1 N–H and O–H groups in total. The highest BCUT2D eigenvalue weighted by Gasteiger charge is 2.23. The molecule has 0 radical (unpaired) electrons. The van der Waals surface area contributed by atoms with Crippen LogP contribution < -0.4 is 10.9 Å². The van der Waals surface area contributed by atoms with Gasteiger partial charge in [-0.1, -0.05) is 59.6 Å². The maximum atomic E-state index is 13.4. The van der Waals surface area contributed by atoms with Crippen molar-refractivity contribution in [3.8, 4) is 11.1 Å². The molecule has 2 heterocycles. The third kappa shape index (κ3) is 3.19. The second-order valence-corrected chi connectivity index (χ2v) is 8.27. The number of nitrogens with zero attached hydrogens (tertiary/aromatic N) is 1. The molecule has 3 aromatic carbocycles. The Morgan fingerprint density at radius 2 is 1.68 bits per heavy atom. The minimum atomic E-state index is -0.142. The number of aromatic nitrogens is 1. The third-order valence-electron chi connectivity index (χ3n) is 5.54. The van der Waals surface area contributed by atoms with Crippen molar-refractivity contribution in [2.75, 3.05) is 5.32 Å². The molecular weight excluding hydrogens is 431 g/mol. The van der Waals surface area contributed by atoms with Gasteiger partial charge in [-0.05, 0) is 48.4 Å². The molecule has 0 unspecified atom stereocenters. The van der Waals surface area contributed by atoms with Crippen molar-refractivity contribution in [2.24, 2.45) is 7.05 Å². The smallest absolute Gasteiger partial charge is 0.262 e. The quantitative estimate of drug-likeness (QED) is 0.314. The van der Waals surface area contributed by atoms with E-state index >= 15 is 0 Å². The SMILES string of the molecule is Cc1ccccc1Nc1oc2c(c1-c1ccc(Cl)c(Cl)c1)c(=O)n(C)c1ccccc21. The summed E-state index contributed by atoms with van der Waals surface area (Å²) < 4.78 is 7.98. The van der Waals surface area contributed by atoms with Crippen LogP contribution in [0.5, 0.6) is 0 Å². The molecule has 154 valence electrons. The lowest BCUT2D eigenvalue weighted by molar-refractivity contribution is 0.637. The van der Waals surface area contributed by atoms with Gasteiger partial charge in [0.15, 0.2) is 5.58 Å². The van der Waals surface area contributed by atoms with Gasteiger partial charge in [0, 0.05) is 18.1 Å². The highest BCUT2D eigenvalue weighted by molar-refractivity contribution is 6.42. The molecule has 6 heteroatoms. The zero-order chi connectivity index (χ0) is 21.7. The van der Waals surface area contributed by atoms with E-state index in [9.17, 15) is 4.79 Å². The van der Waals surface area contributed by atoms with Gasteiger partial charge < -0.3 is 14.3 Å². The standard InChI is InChI=1S/C25H18Cl2N2O2/c1-14-7-3-5-9-19(14)28-24-21(15-11-12-17(26)18(27)13-15)22-23(31-24)16-8-4-6-10-20(16)29(2)25(22)30/h3-13,28H,1-2H3. The Morgan fingerprint density at radius 3 is 2.45 bits per heavy atom. The van der Waals surface area contributed by atoms with Crippen LogP contribution in [0.2, 0.25) is 10.0 Å². The van der Waals surface area contributed by atoms with Crippen molar-refractivity contribution in [3.63, 3.8) is 0 Å². The topological polar surface area (TPSA) is 47.2 Å². The van der Waals surface area contributed by atoms with Crippen molar-refractivity contribution in [1.82, 2.24) is 4.57 Å². The van der Waals surface area contributed by atoms with Gasteiger partial charge in [0.2, 0.25) is 5.88 Å². The van der Waals surface area contributed by atoms with E-state index in [0.29, 0.717) is 32.5 Å². The van der Waals surface area contributed by atoms with Crippen LogP contribution in [0.15, 0.2) is 75.9 Å². The fourth-order valence-corrected chi connectivity index (χ4v) is 4.21. The molecule has 0 saturated heterocycles. The van der Waals surface area contributed by atoms with Gasteiger partial charge in [0.25, 0.3) is 5.56 Å². The lowest BCUT2D eigenvalue weighted by Gasteiger charge is -2.10. The van der Waals surface area contributed by atoms with E-state index in [2.05, 4.69) is 5.32 Å². The number of aryl methyl sites for hydroxylation is 2. The predicted molar refractivity (Wildman–Crippen MR) is 129 cm³/mol. The molecule has 0 amide bonds. The molecule has 5 aromatic rings. The Kier molecular flexibility index (Phi) is 4.77. The number of halogens is 2. The van der Waals surface area contributed by atoms with E-state index in [1.165, 1.54) is 0 Å². The number of para-hydroxylation sites is 2. The first kappa shape index (κ1) is 19.7. The summed E-state index contributed by atoms with van der Waals surface area (Å²) in [5, 5.41) is 5.60. The van der Waals surface area contributed by atoms with Gasteiger partial charge in [0.05, 0.1) is 26.5 Å². The summed E-state index contributed by atoms with van der Waals surface area (Å²) in [5.74, 6) is 0.483. The largest absolute Gasteiger partial charge is 0.439 e. The van der Waals surface area contributed by atoms with Gasteiger partial charge >= 0.3 is 0 Å². The van der Waals surface area contributed by atoms with Gasteiger partial charge in [-0.3, -0.25) is 4.79 Å². The Labute approximate surface area is 188 Å². The van der Waals surface area contributed by atoms with Crippen LogP contribution in [0.3, 0.4) is 0 Å². The van der Waals surface area contributed by atoms with Crippen molar-refractivity contribution in [1.29, 1.82) is 0 Å². The molecule has 0 bridgehead atoms. The summed E-state index contributed by atoms with van der Waals surface area (Å²) in [6.07, 6.45) is 0. The van der Waals surface area contributed by atoms with Crippen molar-refractivity contribution in [2.45, 2.75) is 6.92 Å². The second-order valence-electron chi connectivity index (χ2n) is 7.46. The number of fused-ring (bicyclic) bond motifs is 3. The Morgan fingerprint density at radius 1 is 0.935 bits per heavy atom. The number of nitrogens with one attached hydrogen (secondary N) is 1. The van der Waals surface area contributed by atoms with Crippen molar-refractivity contribution in [3.05, 3.63) is 92.7 Å². The van der Waals surface area contributed by atoms with Crippen LogP contribution in [0, 0.1) is 6.92 Å². The summed E-state index contributed by atoms with van der Waals surface area (Å²) in [6.45, 7) is 2.01. The number of benzene rings is 3. The predicted octanol–water partition coefficient (Wildman–Crippen LogP) is 7.31. The van der Waals surface area contributed by atoms with E-state index in [1.807, 2.05) is 61.5 Å². The fraction of sp³-hybridized carbons (Fsp3) is 0.0800. The molecule has 4 nitrogen and oxygen atoms in total. The maximum absolute atomic E-state index is 13.4. The maximum Gasteiger partial charge on any atom is 0.262 e. The number of rotatable bonds is 3. The second kappa shape index (κ2) is 7.49. The fourth-order valence-electron chi connectivity index (χ4n) is 3.91. The summed E-state index contributed by atoms with van der Waals surface area (Å²) in [7, 11) is 1.77. The van der Waals surface area contributed by atoms with Crippen LogP contribution in [0.1, 0.15) is 5.56 Å². The van der Waals surface area contributed by atoms with Crippen LogP contribution in [-0.4, -0.2) is 4.57 Å². The number of anilines is 2. The summed E-state index contributed by atoms with van der Waals surface area (Å²) in [5.41, 5.74) is 4.55. The molecule has 0 aliphatic rings. The molecule has 0 spiro atoms. The highest BCUT2D eigenvalue weighted by Crippen LogP contribution is 2.42. The van der Waals surface area contributed by atoms with Gasteiger partial charge in [-0.15, -0.1) is 0 Å². The van der Waals surface area contributed by atoms with Crippen LogP contribution >= 0.6 is 23.2 Å². The number of pyridine rings is 1. The monoisotopic (exact) mass is 448 g/mol. The average Bonchev–Trinajstić information content (AvgIpc) is 3.15. The third-order valence-corrected chi connectivity index (χ3v) is 6.28. The minimum Gasteiger partial charge on any atom is -0.439 e. The van der Waals surface area contributed by atoms with E-state index in [1.54, 1.807) is 23.7 Å². The molecule has 0 saturated carbocycles. The normalized spacial score (nSPS) is 11.4. The zero-order valence-electron chi connectivity index (χ0n) is 16.9. The van der Waals surface area contributed by atoms with Gasteiger partial charge in [0.1, 0.15) is 0 Å². The Balaban J connectivity index is 1.90.